The van der Waals surface area contributed by atoms with Crippen LogP contribution in [0.2, 0.25) is 0 Å². The fourth-order valence-corrected chi connectivity index (χ4v) is 3.17. The Morgan fingerprint density at radius 2 is 2.22 bits per heavy atom. The zero-order chi connectivity index (χ0) is 12.5. The normalized spacial score (nSPS) is 14.3. The number of nitrogens with two attached hydrogens (primary N) is 1. The lowest BCUT2D eigenvalue weighted by molar-refractivity contribution is 0.0736. The largest absolute Gasteiger partial charge is 0.399 e. The molecule has 0 saturated heterocycles. The van der Waals surface area contributed by atoms with Gasteiger partial charge in [0.25, 0.3) is 5.91 Å². The Balaban J connectivity index is 1.83. The van der Waals surface area contributed by atoms with E-state index >= 15 is 0 Å². The summed E-state index contributed by atoms with van der Waals surface area (Å²) < 4.78 is 0. The maximum Gasteiger partial charge on any atom is 0.254 e. The van der Waals surface area contributed by atoms with Crippen molar-refractivity contribution in [3.63, 3.8) is 0 Å². The van der Waals surface area contributed by atoms with E-state index in [9.17, 15) is 4.79 Å². The number of nitrogen functional groups attached to an aromatic ring is 1. The Hall–Kier alpha value is -1.81. The van der Waals surface area contributed by atoms with Crippen LogP contribution in [0.4, 0.5) is 5.69 Å². The van der Waals surface area contributed by atoms with Gasteiger partial charge in [0.2, 0.25) is 0 Å². The summed E-state index contributed by atoms with van der Waals surface area (Å²) in [5.41, 5.74) is 8.31. The first-order valence-electron chi connectivity index (χ1n) is 5.94. The number of amides is 1. The quantitative estimate of drug-likeness (QED) is 0.799. The molecular formula is C14H14N2OS. The molecule has 1 amide bonds. The molecule has 1 aromatic heterocycles. The van der Waals surface area contributed by atoms with Crippen molar-refractivity contribution in [1.82, 2.24) is 4.90 Å². The van der Waals surface area contributed by atoms with Gasteiger partial charge in [0.05, 0.1) is 0 Å². The lowest BCUT2D eigenvalue weighted by atomic mass is 10.1. The minimum atomic E-state index is 0.0687. The molecule has 0 unspecified atom stereocenters. The third kappa shape index (κ3) is 1.99. The lowest BCUT2D eigenvalue weighted by Crippen LogP contribution is -2.35. The van der Waals surface area contributed by atoms with Crippen LogP contribution in [0.3, 0.4) is 0 Å². The van der Waals surface area contributed by atoms with Crippen molar-refractivity contribution in [2.45, 2.75) is 13.0 Å². The van der Waals surface area contributed by atoms with E-state index in [2.05, 4.69) is 11.4 Å². The fraction of sp³-hybridized carbons (Fsp3) is 0.214. The van der Waals surface area contributed by atoms with Gasteiger partial charge in [0.1, 0.15) is 0 Å². The monoisotopic (exact) mass is 258 g/mol. The number of thiophene rings is 1. The number of carbonyl (C=O) groups is 1. The van der Waals surface area contributed by atoms with Gasteiger partial charge in [0.15, 0.2) is 0 Å². The molecule has 3 nitrogen and oxygen atoms in total. The smallest absolute Gasteiger partial charge is 0.254 e. The van der Waals surface area contributed by atoms with E-state index in [1.165, 1.54) is 10.4 Å². The summed E-state index contributed by atoms with van der Waals surface area (Å²) in [6, 6.07) is 9.29. The van der Waals surface area contributed by atoms with Crippen molar-refractivity contribution in [1.29, 1.82) is 0 Å². The number of rotatable bonds is 1. The average Bonchev–Trinajstić information content (AvgIpc) is 2.85. The molecule has 1 aromatic carbocycles. The summed E-state index contributed by atoms with van der Waals surface area (Å²) in [6.45, 7) is 1.51. The molecule has 0 aliphatic carbocycles. The maximum atomic E-state index is 12.4. The molecule has 0 radical (unpaired) electrons. The van der Waals surface area contributed by atoms with Gasteiger partial charge in [-0.25, -0.2) is 0 Å². The van der Waals surface area contributed by atoms with Gasteiger partial charge in [-0.05, 0) is 41.6 Å². The second kappa shape index (κ2) is 4.46. The SMILES string of the molecule is Nc1cccc(C(=O)N2CCc3sccc3C2)c1. The molecule has 3 rings (SSSR count). The topological polar surface area (TPSA) is 46.3 Å². The van der Waals surface area contributed by atoms with E-state index in [1.54, 1.807) is 23.5 Å². The number of carbonyl (C=O) groups excluding carboxylic acids is 1. The third-order valence-corrected chi connectivity index (χ3v) is 4.25. The van der Waals surface area contributed by atoms with Crippen molar-refractivity contribution >= 4 is 22.9 Å². The molecule has 0 spiro atoms. The number of hydrogen-bond donors (Lipinski definition) is 1. The number of benzene rings is 1. The molecule has 2 heterocycles. The first-order valence-corrected chi connectivity index (χ1v) is 6.82. The molecule has 2 aromatic rings. The second-order valence-electron chi connectivity index (χ2n) is 4.47. The Labute approximate surface area is 110 Å². The highest BCUT2D eigenvalue weighted by Crippen LogP contribution is 2.25. The van der Waals surface area contributed by atoms with Gasteiger partial charge >= 0.3 is 0 Å². The Bertz CT molecular complexity index is 591. The van der Waals surface area contributed by atoms with E-state index in [-0.39, 0.29) is 5.91 Å². The predicted octanol–water partition coefficient (Wildman–Crippen LogP) is 2.53. The van der Waals surface area contributed by atoms with Gasteiger partial charge in [-0.3, -0.25) is 4.79 Å². The van der Waals surface area contributed by atoms with Crippen LogP contribution < -0.4 is 5.73 Å². The Kier molecular flexibility index (Phi) is 2.80. The van der Waals surface area contributed by atoms with E-state index in [0.717, 1.165) is 13.0 Å². The van der Waals surface area contributed by atoms with Crippen molar-refractivity contribution < 1.29 is 4.79 Å². The number of anilines is 1. The first kappa shape index (κ1) is 11.3. The molecule has 1 aliphatic rings. The van der Waals surface area contributed by atoms with Crippen LogP contribution in [-0.2, 0) is 13.0 Å². The zero-order valence-corrected chi connectivity index (χ0v) is 10.7. The van der Waals surface area contributed by atoms with Crippen LogP contribution in [-0.4, -0.2) is 17.4 Å². The molecule has 2 N–H and O–H groups in total. The maximum absolute atomic E-state index is 12.4. The molecule has 0 saturated carbocycles. The molecule has 1 aliphatic heterocycles. The summed E-state index contributed by atoms with van der Waals surface area (Å²) in [7, 11) is 0. The summed E-state index contributed by atoms with van der Waals surface area (Å²) in [5.74, 6) is 0.0687. The second-order valence-corrected chi connectivity index (χ2v) is 5.47. The molecule has 18 heavy (non-hydrogen) atoms. The van der Waals surface area contributed by atoms with Gasteiger partial charge < -0.3 is 10.6 Å². The summed E-state index contributed by atoms with van der Waals surface area (Å²) in [6.07, 6.45) is 0.959. The highest BCUT2D eigenvalue weighted by atomic mass is 32.1. The highest BCUT2D eigenvalue weighted by Gasteiger charge is 2.22. The van der Waals surface area contributed by atoms with Gasteiger partial charge in [-0.15, -0.1) is 11.3 Å². The standard InChI is InChI=1S/C14H14N2OS/c15-12-3-1-2-10(8-12)14(17)16-6-4-13-11(9-16)5-7-18-13/h1-3,5,7-8H,4,6,9,15H2. The van der Waals surface area contributed by atoms with E-state index in [1.807, 2.05) is 17.0 Å². The molecule has 0 fully saturated rings. The average molecular weight is 258 g/mol. The summed E-state index contributed by atoms with van der Waals surface area (Å²) in [5, 5.41) is 2.10. The highest BCUT2D eigenvalue weighted by molar-refractivity contribution is 7.10. The van der Waals surface area contributed by atoms with E-state index in [0.29, 0.717) is 17.8 Å². The zero-order valence-electron chi connectivity index (χ0n) is 9.93. The third-order valence-electron chi connectivity index (χ3n) is 3.23. The summed E-state index contributed by atoms with van der Waals surface area (Å²) in [4.78, 5) is 15.7. The van der Waals surface area contributed by atoms with Crippen molar-refractivity contribution in [3.05, 3.63) is 51.7 Å². The van der Waals surface area contributed by atoms with Gasteiger partial charge in [-0.1, -0.05) is 6.07 Å². The number of fused-ring (bicyclic) bond motifs is 1. The van der Waals surface area contributed by atoms with E-state index in [4.69, 9.17) is 5.73 Å². The van der Waals surface area contributed by atoms with E-state index < -0.39 is 0 Å². The van der Waals surface area contributed by atoms with Gasteiger partial charge in [-0.2, -0.15) is 0 Å². The minimum Gasteiger partial charge on any atom is -0.399 e. The number of hydrogen-bond acceptors (Lipinski definition) is 3. The van der Waals surface area contributed by atoms with Crippen LogP contribution >= 0.6 is 11.3 Å². The molecule has 0 bridgehead atoms. The van der Waals surface area contributed by atoms with Crippen molar-refractivity contribution in [2.75, 3.05) is 12.3 Å². The van der Waals surface area contributed by atoms with Crippen molar-refractivity contribution in [3.8, 4) is 0 Å². The van der Waals surface area contributed by atoms with Crippen LogP contribution in [0.1, 0.15) is 20.8 Å². The van der Waals surface area contributed by atoms with Crippen LogP contribution in [0.25, 0.3) is 0 Å². The molecule has 0 atom stereocenters. The van der Waals surface area contributed by atoms with Gasteiger partial charge in [0, 0.05) is 29.2 Å². The minimum absolute atomic E-state index is 0.0687. The summed E-state index contributed by atoms with van der Waals surface area (Å²) >= 11 is 1.78. The van der Waals surface area contributed by atoms with Crippen LogP contribution in [0.5, 0.6) is 0 Å². The molecule has 4 heteroatoms. The molecular weight excluding hydrogens is 244 g/mol. The lowest BCUT2D eigenvalue weighted by Gasteiger charge is -2.27. The fourth-order valence-electron chi connectivity index (χ4n) is 2.28. The van der Waals surface area contributed by atoms with Crippen LogP contribution in [0, 0.1) is 0 Å². The van der Waals surface area contributed by atoms with Crippen molar-refractivity contribution in [2.24, 2.45) is 0 Å². The molecule has 92 valence electrons. The number of nitrogens with zero attached hydrogens (tertiary/aromatic N) is 1. The predicted molar refractivity (Wildman–Crippen MR) is 73.6 cm³/mol. The first-order chi connectivity index (χ1) is 8.74. The Morgan fingerprint density at radius 1 is 1.33 bits per heavy atom. The van der Waals surface area contributed by atoms with Crippen LogP contribution in [0.15, 0.2) is 35.7 Å². The Morgan fingerprint density at radius 3 is 3.06 bits per heavy atom.